The summed E-state index contributed by atoms with van der Waals surface area (Å²) in [6.45, 7) is 0. The molecular weight excluding hydrogens is 438 g/mol. The molecule has 1 fully saturated rings. The number of anilines is 1. The molecule has 2 atom stereocenters. The maximum atomic E-state index is 12.5. The molecule has 8 heteroatoms. The van der Waals surface area contributed by atoms with Crippen LogP contribution in [0.5, 0.6) is 5.75 Å². The zero-order valence-corrected chi connectivity index (χ0v) is 18.6. The standard InChI is InChI=1S/C25H22ClN5O2/c1-33-21-10-6-5-9-17(21)20-14-22(32)29-24(28-20)31-25-27-19-12-11-16(26)13-18(19)23(30-25)15-7-3-2-4-8-15/h2-13,20,24,28H,14H2,1H3,(H,29,32)(H,27,30,31). The lowest BCUT2D eigenvalue weighted by atomic mass is 10.0. The predicted octanol–water partition coefficient (Wildman–Crippen LogP) is 4.51. The highest BCUT2D eigenvalue weighted by Gasteiger charge is 2.29. The first-order valence-electron chi connectivity index (χ1n) is 10.6. The van der Waals surface area contributed by atoms with Gasteiger partial charge in [-0.3, -0.25) is 10.1 Å². The molecule has 0 spiro atoms. The monoisotopic (exact) mass is 459 g/mol. The van der Waals surface area contributed by atoms with Crippen LogP contribution in [0, 0.1) is 0 Å². The number of fused-ring (bicyclic) bond motifs is 1. The second-order valence-electron chi connectivity index (χ2n) is 7.73. The van der Waals surface area contributed by atoms with Crippen molar-refractivity contribution in [3.8, 4) is 17.0 Å². The third-order valence-electron chi connectivity index (χ3n) is 5.56. The number of nitrogens with one attached hydrogen (secondary N) is 3. The third-order valence-corrected chi connectivity index (χ3v) is 5.79. The van der Waals surface area contributed by atoms with Gasteiger partial charge >= 0.3 is 0 Å². The molecule has 3 N–H and O–H groups in total. The number of para-hydroxylation sites is 1. The molecule has 1 saturated heterocycles. The number of benzene rings is 3. The molecule has 3 aromatic carbocycles. The summed E-state index contributed by atoms with van der Waals surface area (Å²) < 4.78 is 5.48. The molecule has 4 aromatic rings. The number of hydrogen-bond donors (Lipinski definition) is 3. The van der Waals surface area contributed by atoms with E-state index in [-0.39, 0.29) is 11.9 Å². The molecule has 33 heavy (non-hydrogen) atoms. The van der Waals surface area contributed by atoms with Crippen LogP contribution in [-0.2, 0) is 4.79 Å². The lowest BCUT2D eigenvalue weighted by molar-refractivity contribution is -0.124. The molecule has 1 aliphatic rings. The Bertz CT molecular complexity index is 1310. The normalized spacial score (nSPS) is 18.1. The van der Waals surface area contributed by atoms with Gasteiger partial charge in [0.25, 0.3) is 0 Å². The highest BCUT2D eigenvalue weighted by molar-refractivity contribution is 6.31. The van der Waals surface area contributed by atoms with Gasteiger partial charge in [0.2, 0.25) is 11.9 Å². The predicted molar refractivity (Wildman–Crippen MR) is 129 cm³/mol. The van der Waals surface area contributed by atoms with Gasteiger partial charge in [0.15, 0.2) is 6.29 Å². The molecule has 1 amide bonds. The first-order chi connectivity index (χ1) is 16.1. The van der Waals surface area contributed by atoms with Crippen LogP contribution in [-0.4, -0.2) is 29.3 Å². The second-order valence-corrected chi connectivity index (χ2v) is 8.17. The summed E-state index contributed by atoms with van der Waals surface area (Å²) in [6, 6.07) is 22.8. The molecule has 2 heterocycles. The molecule has 2 unspecified atom stereocenters. The Hall–Kier alpha value is -3.68. The first kappa shape index (κ1) is 21.2. The van der Waals surface area contributed by atoms with Crippen molar-refractivity contribution in [2.24, 2.45) is 0 Å². The van der Waals surface area contributed by atoms with E-state index in [0.717, 1.165) is 33.5 Å². The van der Waals surface area contributed by atoms with Crippen LogP contribution in [0.15, 0.2) is 72.8 Å². The molecular formula is C25H22ClN5O2. The molecule has 166 valence electrons. The van der Waals surface area contributed by atoms with Crippen molar-refractivity contribution < 1.29 is 9.53 Å². The smallest absolute Gasteiger partial charge is 0.226 e. The molecule has 7 nitrogen and oxygen atoms in total. The number of rotatable bonds is 5. The van der Waals surface area contributed by atoms with Crippen LogP contribution in [0.2, 0.25) is 5.02 Å². The molecule has 5 rings (SSSR count). The van der Waals surface area contributed by atoms with Crippen molar-refractivity contribution in [2.45, 2.75) is 18.8 Å². The minimum Gasteiger partial charge on any atom is -0.496 e. The van der Waals surface area contributed by atoms with Crippen LogP contribution < -0.4 is 20.7 Å². The number of hydrogen-bond acceptors (Lipinski definition) is 6. The average Bonchev–Trinajstić information content (AvgIpc) is 2.84. The number of carbonyl (C=O) groups is 1. The van der Waals surface area contributed by atoms with Gasteiger partial charge in [-0.05, 0) is 24.3 Å². The zero-order valence-electron chi connectivity index (χ0n) is 17.9. The van der Waals surface area contributed by atoms with E-state index in [1.807, 2.05) is 66.7 Å². The van der Waals surface area contributed by atoms with E-state index >= 15 is 0 Å². The van der Waals surface area contributed by atoms with Gasteiger partial charge in [-0.2, -0.15) is 0 Å². The maximum Gasteiger partial charge on any atom is 0.226 e. The molecule has 0 radical (unpaired) electrons. The van der Waals surface area contributed by atoms with Crippen molar-refractivity contribution in [1.29, 1.82) is 0 Å². The molecule has 0 bridgehead atoms. The summed E-state index contributed by atoms with van der Waals surface area (Å²) in [6.07, 6.45) is -0.264. The van der Waals surface area contributed by atoms with E-state index < -0.39 is 6.29 Å². The van der Waals surface area contributed by atoms with E-state index in [0.29, 0.717) is 17.4 Å². The Balaban J connectivity index is 1.48. The van der Waals surface area contributed by atoms with Crippen molar-refractivity contribution in [3.05, 3.63) is 83.4 Å². The summed E-state index contributed by atoms with van der Waals surface area (Å²) in [4.78, 5) is 21.9. The van der Waals surface area contributed by atoms with Gasteiger partial charge < -0.3 is 15.4 Å². The lowest BCUT2D eigenvalue weighted by Gasteiger charge is -2.32. The van der Waals surface area contributed by atoms with Crippen LogP contribution in [0.3, 0.4) is 0 Å². The Morgan fingerprint density at radius 1 is 1.03 bits per heavy atom. The minimum atomic E-state index is -0.561. The van der Waals surface area contributed by atoms with Crippen molar-refractivity contribution in [3.63, 3.8) is 0 Å². The third kappa shape index (κ3) is 4.46. The molecule has 1 aliphatic heterocycles. The molecule has 1 aromatic heterocycles. The second kappa shape index (κ2) is 9.05. The van der Waals surface area contributed by atoms with E-state index in [2.05, 4.69) is 20.9 Å². The van der Waals surface area contributed by atoms with Gasteiger partial charge in [-0.25, -0.2) is 9.97 Å². The Kier molecular flexibility index (Phi) is 5.81. The fourth-order valence-electron chi connectivity index (χ4n) is 4.05. The number of nitrogens with zero attached hydrogens (tertiary/aromatic N) is 2. The minimum absolute atomic E-state index is 0.0852. The number of carbonyl (C=O) groups excluding carboxylic acids is 1. The van der Waals surface area contributed by atoms with Gasteiger partial charge in [0.05, 0.1) is 18.3 Å². The summed E-state index contributed by atoms with van der Waals surface area (Å²) in [5, 5.41) is 11.0. The fourth-order valence-corrected chi connectivity index (χ4v) is 4.22. The topological polar surface area (TPSA) is 88.2 Å². The summed E-state index contributed by atoms with van der Waals surface area (Å²) in [5.41, 5.74) is 3.37. The van der Waals surface area contributed by atoms with Crippen molar-refractivity contribution in [2.75, 3.05) is 12.4 Å². The van der Waals surface area contributed by atoms with Gasteiger partial charge in [-0.15, -0.1) is 0 Å². The Labute approximate surface area is 196 Å². The molecule has 0 aliphatic carbocycles. The van der Waals surface area contributed by atoms with Crippen LogP contribution in [0.25, 0.3) is 22.2 Å². The van der Waals surface area contributed by atoms with E-state index in [1.165, 1.54) is 0 Å². The summed E-state index contributed by atoms with van der Waals surface area (Å²) in [5.74, 6) is 1.04. The van der Waals surface area contributed by atoms with Gasteiger partial charge in [-0.1, -0.05) is 60.1 Å². The zero-order chi connectivity index (χ0) is 22.8. The SMILES string of the molecule is COc1ccccc1C1CC(=O)NC(Nc2nc(-c3ccccc3)c3cc(Cl)ccc3n2)N1. The van der Waals surface area contributed by atoms with Crippen LogP contribution in [0.4, 0.5) is 5.95 Å². The first-order valence-corrected chi connectivity index (χ1v) is 11.0. The van der Waals surface area contributed by atoms with Crippen LogP contribution >= 0.6 is 11.6 Å². The maximum absolute atomic E-state index is 12.5. The number of halogens is 1. The largest absolute Gasteiger partial charge is 0.496 e. The van der Waals surface area contributed by atoms with Crippen molar-refractivity contribution >= 4 is 34.4 Å². The number of amides is 1. The summed E-state index contributed by atoms with van der Waals surface area (Å²) in [7, 11) is 1.62. The number of aromatic nitrogens is 2. The molecule has 0 saturated carbocycles. The quantitative estimate of drug-likeness (QED) is 0.407. The lowest BCUT2D eigenvalue weighted by Crippen LogP contribution is -2.57. The Morgan fingerprint density at radius 3 is 2.64 bits per heavy atom. The fraction of sp³-hybridized carbons (Fsp3) is 0.160. The average molecular weight is 460 g/mol. The van der Waals surface area contributed by atoms with E-state index in [1.54, 1.807) is 13.2 Å². The van der Waals surface area contributed by atoms with Crippen LogP contribution in [0.1, 0.15) is 18.0 Å². The van der Waals surface area contributed by atoms with Gasteiger partial charge in [0, 0.05) is 34.0 Å². The Morgan fingerprint density at radius 2 is 1.82 bits per heavy atom. The van der Waals surface area contributed by atoms with E-state index in [4.69, 9.17) is 21.3 Å². The van der Waals surface area contributed by atoms with Gasteiger partial charge in [0.1, 0.15) is 5.75 Å². The van der Waals surface area contributed by atoms with E-state index in [9.17, 15) is 4.79 Å². The highest BCUT2D eigenvalue weighted by atomic mass is 35.5. The highest BCUT2D eigenvalue weighted by Crippen LogP contribution is 2.31. The number of methoxy groups -OCH3 is 1. The number of ether oxygens (including phenoxy) is 1. The summed E-state index contributed by atoms with van der Waals surface area (Å²) >= 11 is 6.25. The van der Waals surface area contributed by atoms with Crippen molar-refractivity contribution in [1.82, 2.24) is 20.6 Å².